The SMILES string of the molecule is CCOc1cc(CNCCc2ccc(Cl)cc2)cc(Br)c1OCc1ccccc1C. The van der Waals surface area contributed by atoms with Crippen LogP contribution in [0.3, 0.4) is 0 Å². The molecule has 5 heteroatoms. The first-order valence-corrected chi connectivity index (χ1v) is 11.3. The molecule has 3 aromatic rings. The molecule has 0 radical (unpaired) electrons. The normalized spacial score (nSPS) is 10.8. The Hall–Kier alpha value is -2.01. The first-order valence-electron chi connectivity index (χ1n) is 10.1. The average Bonchev–Trinajstić information content (AvgIpc) is 2.73. The van der Waals surface area contributed by atoms with Crippen molar-refractivity contribution < 1.29 is 9.47 Å². The number of rotatable bonds is 10. The fourth-order valence-corrected chi connectivity index (χ4v) is 3.89. The summed E-state index contributed by atoms with van der Waals surface area (Å²) >= 11 is 9.61. The molecule has 0 heterocycles. The summed E-state index contributed by atoms with van der Waals surface area (Å²) in [6.45, 7) is 6.80. The van der Waals surface area contributed by atoms with Crippen molar-refractivity contribution in [3.05, 3.63) is 92.4 Å². The molecule has 0 aliphatic carbocycles. The predicted molar refractivity (Wildman–Crippen MR) is 128 cm³/mol. The zero-order valence-corrected chi connectivity index (χ0v) is 19.7. The molecule has 0 spiro atoms. The molecule has 0 aromatic heterocycles. The van der Waals surface area contributed by atoms with Gasteiger partial charge in [0.1, 0.15) is 6.61 Å². The number of hydrogen-bond donors (Lipinski definition) is 1. The summed E-state index contributed by atoms with van der Waals surface area (Å²) in [5.74, 6) is 1.50. The molecule has 0 aliphatic rings. The van der Waals surface area contributed by atoms with E-state index in [0.29, 0.717) is 13.2 Å². The van der Waals surface area contributed by atoms with Crippen molar-refractivity contribution >= 4 is 27.5 Å². The second-order valence-corrected chi connectivity index (χ2v) is 8.40. The molecule has 0 amide bonds. The van der Waals surface area contributed by atoms with Crippen molar-refractivity contribution in [3.63, 3.8) is 0 Å². The molecule has 0 saturated carbocycles. The van der Waals surface area contributed by atoms with E-state index in [0.717, 1.165) is 46.1 Å². The van der Waals surface area contributed by atoms with Crippen molar-refractivity contribution in [2.45, 2.75) is 33.4 Å². The zero-order chi connectivity index (χ0) is 21.3. The van der Waals surface area contributed by atoms with Crippen LogP contribution in [-0.4, -0.2) is 13.2 Å². The van der Waals surface area contributed by atoms with Gasteiger partial charge >= 0.3 is 0 Å². The summed E-state index contributed by atoms with van der Waals surface area (Å²) in [4.78, 5) is 0. The Bertz CT molecular complexity index is 960. The lowest BCUT2D eigenvalue weighted by molar-refractivity contribution is 0.267. The molecule has 0 aliphatic heterocycles. The monoisotopic (exact) mass is 487 g/mol. The summed E-state index contributed by atoms with van der Waals surface area (Å²) in [6.07, 6.45) is 0.953. The average molecular weight is 489 g/mol. The highest BCUT2D eigenvalue weighted by Crippen LogP contribution is 2.37. The van der Waals surface area contributed by atoms with Gasteiger partial charge in [-0.2, -0.15) is 0 Å². The van der Waals surface area contributed by atoms with Crippen molar-refractivity contribution in [2.75, 3.05) is 13.2 Å². The summed E-state index contributed by atoms with van der Waals surface area (Å²) in [6, 6.07) is 20.4. The van der Waals surface area contributed by atoms with Crippen molar-refractivity contribution in [1.29, 1.82) is 0 Å². The second-order valence-electron chi connectivity index (χ2n) is 7.11. The number of nitrogens with one attached hydrogen (secondary N) is 1. The van der Waals surface area contributed by atoms with E-state index < -0.39 is 0 Å². The lowest BCUT2D eigenvalue weighted by Crippen LogP contribution is -2.17. The van der Waals surface area contributed by atoms with Crippen LogP contribution in [0.15, 0.2) is 65.1 Å². The summed E-state index contributed by atoms with van der Waals surface area (Å²) in [5.41, 5.74) is 4.79. The molecule has 0 unspecified atom stereocenters. The Balaban J connectivity index is 1.61. The molecule has 3 aromatic carbocycles. The Labute approximate surface area is 192 Å². The lowest BCUT2D eigenvalue weighted by atomic mass is 10.1. The van der Waals surface area contributed by atoms with E-state index in [1.54, 1.807) is 0 Å². The van der Waals surface area contributed by atoms with E-state index in [1.165, 1.54) is 16.7 Å². The fourth-order valence-electron chi connectivity index (χ4n) is 3.16. The fraction of sp³-hybridized carbons (Fsp3) is 0.280. The van der Waals surface area contributed by atoms with Crippen LogP contribution < -0.4 is 14.8 Å². The van der Waals surface area contributed by atoms with Crippen molar-refractivity contribution in [3.8, 4) is 11.5 Å². The standard InChI is InChI=1S/C25H27BrClNO2/c1-3-29-24-15-20(16-28-13-12-19-8-10-22(27)11-9-19)14-23(26)25(24)30-17-21-7-5-4-6-18(21)2/h4-11,14-15,28H,3,12-13,16-17H2,1-2H3. The third-order valence-corrected chi connectivity index (χ3v) is 5.68. The van der Waals surface area contributed by atoms with Gasteiger partial charge in [-0.15, -0.1) is 0 Å². The van der Waals surface area contributed by atoms with Crippen molar-refractivity contribution in [1.82, 2.24) is 5.32 Å². The van der Waals surface area contributed by atoms with Crippen LogP contribution in [0.4, 0.5) is 0 Å². The van der Waals surface area contributed by atoms with Crippen LogP contribution in [-0.2, 0) is 19.6 Å². The van der Waals surface area contributed by atoms with Gasteiger partial charge in [0.05, 0.1) is 11.1 Å². The van der Waals surface area contributed by atoms with Gasteiger partial charge in [0.25, 0.3) is 0 Å². The summed E-state index contributed by atoms with van der Waals surface area (Å²) in [7, 11) is 0. The number of halogens is 2. The largest absolute Gasteiger partial charge is 0.490 e. The summed E-state index contributed by atoms with van der Waals surface area (Å²) in [5, 5.41) is 4.26. The molecule has 3 rings (SSSR count). The van der Waals surface area contributed by atoms with E-state index in [4.69, 9.17) is 21.1 Å². The molecule has 0 saturated heterocycles. The van der Waals surface area contributed by atoms with Crippen molar-refractivity contribution in [2.24, 2.45) is 0 Å². The van der Waals surface area contributed by atoms with Crippen LogP contribution in [0.25, 0.3) is 0 Å². The van der Waals surface area contributed by atoms with Gasteiger partial charge in [-0.25, -0.2) is 0 Å². The maximum absolute atomic E-state index is 6.13. The zero-order valence-electron chi connectivity index (χ0n) is 17.4. The van der Waals surface area contributed by atoms with E-state index in [9.17, 15) is 0 Å². The minimum absolute atomic E-state index is 0.504. The van der Waals surface area contributed by atoms with Crippen LogP contribution in [0.5, 0.6) is 11.5 Å². The quantitative estimate of drug-likeness (QED) is 0.321. The van der Waals surface area contributed by atoms with E-state index in [-0.39, 0.29) is 0 Å². The minimum Gasteiger partial charge on any atom is -0.490 e. The maximum Gasteiger partial charge on any atom is 0.175 e. The van der Waals surface area contributed by atoms with Crippen LogP contribution in [0.1, 0.15) is 29.2 Å². The molecule has 3 nitrogen and oxygen atoms in total. The van der Waals surface area contributed by atoms with Gasteiger partial charge in [-0.05, 0) is 89.3 Å². The topological polar surface area (TPSA) is 30.5 Å². The molecular formula is C25H27BrClNO2. The van der Waals surface area contributed by atoms with E-state index in [1.807, 2.05) is 31.2 Å². The van der Waals surface area contributed by atoms with Crippen LogP contribution in [0.2, 0.25) is 5.02 Å². The van der Waals surface area contributed by atoms with Gasteiger partial charge in [0, 0.05) is 11.6 Å². The Morgan fingerprint density at radius 2 is 1.73 bits per heavy atom. The highest BCUT2D eigenvalue weighted by Gasteiger charge is 2.13. The number of hydrogen-bond acceptors (Lipinski definition) is 3. The molecule has 30 heavy (non-hydrogen) atoms. The van der Waals surface area contributed by atoms with E-state index >= 15 is 0 Å². The number of ether oxygens (including phenoxy) is 2. The number of aryl methyl sites for hydroxylation is 1. The van der Waals surface area contributed by atoms with Crippen LogP contribution in [0, 0.1) is 6.92 Å². The molecule has 0 bridgehead atoms. The molecule has 0 atom stereocenters. The van der Waals surface area contributed by atoms with Gasteiger partial charge in [0.2, 0.25) is 0 Å². The summed E-state index contributed by atoms with van der Waals surface area (Å²) < 4.78 is 12.9. The van der Waals surface area contributed by atoms with E-state index in [2.05, 4.69) is 64.6 Å². The highest BCUT2D eigenvalue weighted by molar-refractivity contribution is 9.10. The maximum atomic E-state index is 6.13. The van der Waals surface area contributed by atoms with Gasteiger partial charge in [-0.1, -0.05) is 48.0 Å². The van der Waals surface area contributed by atoms with Crippen LogP contribution >= 0.6 is 27.5 Å². The smallest absolute Gasteiger partial charge is 0.175 e. The molecule has 0 fully saturated rings. The van der Waals surface area contributed by atoms with Gasteiger partial charge < -0.3 is 14.8 Å². The third kappa shape index (κ3) is 6.49. The molecular weight excluding hydrogens is 462 g/mol. The minimum atomic E-state index is 0.504. The lowest BCUT2D eigenvalue weighted by Gasteiger charge is -2.16. The Morgan fingerprint density at radius 1 is 0.967 bits per heavy atom. The Morgan fingerprint density at radius 3 is 2.47 bits per heavy atom. The second kappa shape index (κ2) is 11.4. The number of benzene rings is 3. The molecule has 1 N–H and O–H groups in total. The molecule has 158 valence electrons. The predicted octanol–water partition coefficient (Wildman–Crippen LogP) is 6.72. The third-order valence-electron chi connectivity index (χ3n) is 4.84. The van der Waals surface area contributed by atoms with Gasteiger partial charge in [-0.3, -0.25) is 0 Å². The first kappa shape index (κ1) is 22.7. The Kier molecular flexibility index (Phi) is 8.61. The highest BCUT2D eigenvalue weighted by atomic mass is 79.9. The first-order chi connectivity index (χ1) is 14.6. The van der Waals surface area contributed by atoms with Gasteiger partial charge in [0.15, 0.2) is 11.5 Å².